The van der Waals surface area contributed by atoms with Gasteiger partial charge in [0.2, 0.25) is 11.8 Å². The van der Waals surface area contributed by atoms with Gasteiger partial charge in [-0.3, -0.25) is 24.5 Å². The Morgan fingerprint density at radius 2 is 1.84 bits per heavy atom. The van der Waals surface area contributed by atoms with E-state index >= 15 is 0 Å². The van der Waals surface area contributed by atoms with Crippen molar-refractivity contribution in [2.45, 2.75) is 24.7 Å². The second kappa shape index (κ2) is 6.12. The van der Waals surface area contributed by atoms with Gasteiger partial charge in [0.1, 0.15) is 0 Å². The van der Waals surface area contributed by atoms with Crippen LogP contribution in [-0.2, 0) is 25.4 Å². The van der Waals surface area contributed by atoms with Crippen LogP contribution in [0.5, 0.6) is 0 Å². The lowest BCUT2D eigenvalue weighted by atomic mass is 9.90. The first kappa shape index (κ1) is 17.4. The van der Waals surface area contributed by atoms with E-state index < -0.39 is 47.5 Å². The zero-order valence-corrected chi connectivity index (χ0v) is 12.7. The van der Waals surface area contributed by atoms with Crippen molar-refractivity contribution in [3.05, 3.63) is 35.4 Å². The highest BCUT2D eigenvalue weighted by molar-refractivity contribution is 6.07. The van der Waals surface area contributed by atoms with Crippen molar-refractivity contribution in [1.29, 1.82) is 0 Å². The number of hydrogen-bond donors (Lipinski definition) is 2. The lowest BCUT2D eigenvalue weighted by Gasteiger charge is -2.25. The smallest absolute Gasteiger partial charge is 0.370 e. The first-order valence-electron chi connectivity index (χ1n) is 7.42. The first-order chi connectivity index (χ1) is 11.7. The van der Waals surface area contributed by atoms with Crippen molar-refractivity contribution in [3.8, 4) is 0 Å². The van der Waals surface area contributed by atoms with E-state index in [0.717, 1.165) is 12.1 Å². The number of imide groups is 1. The summed E-state index contributed by atoms with van der Waals surface area (Å²) in [4.78, 5) is 40.3. The monoisotopic (exact) mass is 357 g/mol. The molecule has 25 heavy (non-hydrogen) atoms. The second-order valence-electron chi connectivity index (χ2n) is 5.83. The van der Waals surface area contributed by atoms with Crippen molar-refractivity contribution in [1.82, 2.24) is 10.4 Å². The van der Waals surface area contributed by atoms with Gasteiger partial charge in [0.05, 0.1) is 17.5 Å². The molecule has 0 radical (unpaired) electrons. The lowest BCUT2D eigenvalue weighted by Crippen LogP contribution is -2.34. The molecule has 2 aliphatic heterocycles. The number of hydroxylamine groups is 2. The minimum atomic E-state index is -4.49. The van der Waals surface area contributed by atoms with E-state index in [1.54, 1.807) is 0 Å². The van der Waals surface area contributed by atoms with Gasteiger partial charge in [0.15, 0.2) is 6.10 Å². The molecule has 0 aliphatic carbocycles. The van der Waals surface area contributed by atoms with E-state index in [0.29, 0.717) is 5.56 Å². The fourth-order valence-electron chi connectivity index (χ4n) is 3.04. The zero-order valence-electron chi connectivity index (χ0n) is 12.7. The molecule has 7 nitrogen and oxygen atoms in total. The highest BCUT2D eigenvalue weighted by atomic mass is 19.4. The van der Waals surface area contributed by atoms with Crippen LogP contribution in [0.3, 0.4) is 0 Å². The van der Waals surface area contributed by atoms with E-state index in [9.17, 15) is 27.6 Å². The molecule has 3 rings (SSSR count). The molecule has 2 heterocycles. The van der Waals surface area contributed by atoms with Gasteiger partial charge in [-0.15, -0.1) is 0 Å². The summed E-state index contributed by atoms with van der Waals surface area (Å²) < 4.78 is 38.1. The Balaban J connectivity index is 1.92. The number of amides is 3. The van der Waals surface area contributed by atoms with Crippen LogP contribution < -0.4 is 11.1 Å². The lowest BCUT2D eigenvalue weighted by molar-refractivity contribution is -0.174. The Bertz CT molecular complexity index is 720. The third kappa shape index (κ3) is 3.22. The molecule has 0 bridgehead atoms. The predicted octanol–water partition coefficient (Wildman–Crippen LogP) is 0.510. The number of halogens is 3. The third-order valence-electron chi connectivity index (χ3n) is 4.19. The first-order valence-corrected chi connectivity index (χ1v) is 7.42. The van der Waals surface area contributed by atoms with Gasteiger partial charge in [-0.1, -0.05) is 12.1 Å². The van der Waals surface area contributed by atoms with Crippen LogP contribution in [0, 0.1) is 5.92 Å². The quantitative estimate of drug-likeness (QED) is 0.765. The SMILES string of the molecule is NC(=O)CCN1OC2C(=O)NC(=O)C2C1c1ccc(C(F)(F)F)cc1. The van der Waals surface area contributed by atoms with Gasteiger partial charge in [0, 0.05) is 13.0 Å². The second-order valence-corrected chi connectivity index (χ2v) is 5.83. The summed E-state index contributed by atoms with van der Waals surface area (Å²) in [6.07, 6.45) is -5.65. The summed E-state index contributed by atoms with van der Waals surface area (Å²) in [7, 11) is 0. The summed E-state index contributed by atoms with van der Waals surface area (Å²) in [5.41, 5.74) is 4.64. The van der Waals surface area contributed by atoms with Gasteiger partial charge in [-0.05, 0) is 17.7 Å². The van der Waals surface area contributed by atoms with Crippen LogP contribution >= 0.6 is 0 Å². The Labute approximate surface area is 139 Å². The van der Waals surface area contributed by atoms with Crippen LogP contribution in [0.4, 0.5) is 13.2 Å². The van der Waals surface area contributed by atoms with Crippen LogP contribution in [0.1, 0.15) is 23.6 Å². The number of fused-ring (bicyclic) bond motifs is 1. The fraction of sp³-hybridized carbons (Fsp3) is 0.400. The number of carbonyl (C=O) groups is 3. The van der Waals surface area contributed by atoms with E-state index in [1.807, 2.05) is 0 Å². The molecule has 0 saturated carbocycles. The van der Waals surface area contributed by atoms with Crippen molar-refractivity contribution in [2.24, 2.45) is 11.7 Å². The molecule has 3 unspecified atom stereocenters. The number of nitrogens with one attached hydrogen (secondary N) is 1. The minimum absolute atomic E-state index is 0.00851. The number of rotatable bonds is 4. The average molecular weight is 357 g/mol. The number of primary amides is 1. The molecule has 1 aromatic carbocycles. The van der Waals surface area contributed by atoms with Gasteiger partial charge in [-0.25, -0.2) is 0 Å². The molecule has 3 atom stereocenters. The van der Waals surface area contributed by atoms with E-state index in [-0.39, 0.29) is 13.0 Å². The van der Waals surface area contributed by atoms with Crippen molar-refractivity contribution in [2.75, 3.05) is 6.54 Å². The third-order valence-corrected chi connectivity index (χ3v) is 4.19. The maximum atomic E-state index is 12.7. The Hall–Kier alpha value is -2.46. The highest BCUT2D eigenvalue weighted by Crippen LogP contribution is 2.42. The summed E-state index contributed by atoms with van der Waals surface area (Å²) >= 11 is 0. The molecule has 0 spiro atoms. The average Bonchev–Trinajstić information content (AvgIpc) is 3.03. The molecule has 1 aromatic rings. The molecular weight excluding hydrogens is 343 g/mol. The summed E-state index contributed by atoms with van der Waals surface area (Å²) in [6.45, 7) is 0.00851. The topological polar surface area (TPSA) is 102 Å². The van der Waals surface area contributed by atoms with Crippen molar-refractivity contribution >= 4 is 17.7 Å². The van der Waals surface area contributed by atoms with Gasteiger partial charge >= 0.3 is 6.18 Å². The maximum absolute atomic E-state index is 12.7. The van der Waals surface area contributed by atoms with Crippen LogP contribution in [0.2, 0.25) is 0 Å². The number of benzene rings is 1. The molecule has 3 amide bonds. The zero-order chi connectivity index (χ0) is 18.4. The number of nitrogens with zero attached hydrogens (tertiary/aromatic N) is 1. The normalized spacial score (nSPS) is 26.6. The molecule has 2 fully saturated rings. The van der Waals surface area contributed by atoms with Crippen LogP contribution in [0.15, 0.2) is 24.3 Å². The standard InChI is InChI=1S/C15H14F3N3O4/c16-15(17,18)8-3-1-7(2-4-8)11-10-12(14(24)20-13(10)23)25-21(11)6-5-9(19)22/h1-4,10-12H,5-6H2,(H2,19,22)(H,20,23,24). The van der Waals surface area contributed by atoms with Gasteiger partial charge in [0.25, 0.3) is 5.91 Å². The molecular formula is C15H14F3N3O4. The Morgan fingerprint density at radius 3 is 2.40 bits per heavy atom. The molecule has 3 N–H and O–H groups in total. The van der Waals surface area contributed by atoms with Gasteiger partial charge < -0.3 is 5.73 Å². The number of carbonyl (C=O) groups excluding carboxylic acids is 3. The molecule has 10 heteroatoms. The minimum Gasteiger partial charge on any atom is -0.370 e. The van der Waals surface area contributed by atoms with Gasteiger partial charge in [-0.2, -0.15) is 18.2 Å². The summed E-state index contributed by atoms with van der Waals surface area (Å²) in [6, 6.07) is 3.45. The number of nitrogens with two attached hydrogens (primary N) is 1. The predicted molar refractivity (Wildman–Crippen MR) is 76.2 cm³/mol. The molecule has 2 aliphatic rings. The van der Waals surface area contributed by atoms with E-state index in [1.165, 1.54) is 17.2 Å². The molecule has 134 valence electrons. The Kier molecular flexibility index (Phi) is 4.25. The molecule has 2 saturated heterocycles. The van der Waals surface area contributed by atoms with Crippen LogP contribution in [0.25, 0.3) is 0 Å². The summed E-state index contributed by atoms with van der Waals surface area (Å²) in [5.74, 6) is -2.70. The van der Waals surface area contributed by atoms with Crippen LogP contribution in [-0.4, -0.2) is 35.4 Å². The van der Waals surface area contributed by atoms with E-state index in [4.69, 9.17) is 10.6 Å². The number of hydrogen-bond acceptors (Lipinski definition) is 5. The fourth-order valence-corrected chi connectivity index (χ4v) is 3.04. The summed E-state index contributed by atoms with van der Waals surface area (Å²) in [5, 5.41) is 3.40. The van der Waals surface area contributed by atoms with Crippen molar-refractivity contribution in [3.63, 3.8) is 0 Å². The highest BCUT2D eigenvalue weighted by Gasteiger charge is 2.56. The van der Waals surface area contributed by atoms with Crippen molar-refractivity contribution < 1.29 is 32.4 Å². The van der Waals surface area contributed by atoms with E-state index in [2.05, 4.69) is 5.32 Å². The Morgan fingerprint density at radius 1 is 1.20 bits per heavy atom. The molecule has 0 aromatic heterocycles. The number of alkyl halides is 3. The largest absolute Gasteiger partial charge is 0.416 e. The maximum Gasteiger partial charge on any atom is 0.416 e.